The first-order chi connectivity index (χ1) is 15.2. The van der Waals surface area contributed by atoms with Crippen molar-refractivity contribution in [3.05, 3.63) is 74.6 Å². The largest absolute Gasteiger partial charge is 0.462 e. The summed E-state index contributed by atoms with van der Waals surface area (Å²) < 4.78 is 33.5. The summed E-state index contributed by atoms with van der Waals surface area (Å²) >= 11 is 0.770. The second kappa shape index (κ2) is 9.17. The highest BCUT2D eigenvalue weighted by Crippen LogP contribution is 2.41. The Bertz CT molecular complexity index is 1340. The van der Waals surface area contributed by atoms with Crippen LogP contribution in [0.1, 0.15) is 27.7 Å². The number of non-ortho nitro benzene ring substituents is 1. The van der Waals surface area contributed by atoms with Crippen LogP contribution in [0.4, 0.5) is 10.7 Å². The minimum Gasteiger partial charge on any atom is -0.462 e. The number of hydrogen-bond acceptors (Lipinski definition) is 8. The lowest BCUT2D eigenvalue weighted by molar-refractivity contribution is -0.385. The van der Waals surface area contributed by atoms with E-state index in [-0.39, 0.29) is 43.8 Å². The molecule has 0 spiro atoms. The summed E-state index contributed by atoms with van der Waals surface area (Å²) in [5.74, 6) is -0.690. The number of nitro groups is 1. The van der Waals surface area contributed by atoms with E-state index >= 15 is 0 Å². The molecular formula is C21H17N3O6S2. The van der Waals surface area contributed by atoms with Crippen molar-refractivity contribution in [2.45, 2.75) is 18.7 Å². The van der Waals surface area contributed by atoms with Crippen molar-refractivity contribution in [1.82, 2.24) is 0 Å². The van der Waals surface area contributed by atoms with E-state index in [1.165, 1.54) is 19.1 Å². The van der Waals surface area contributed by atoms with Crippen LogP contribution in [0.3, 0.4) is 0 Å². The highest BCUT2D eigenvalue weighted by molar-refractivity contribution is 7.93. The van der Waals surface area contributed by atoms with Crippen molar-refractivity contribution in [2.24, 2.45) is 0 Å². The Morgan fingerprint density at radius 3 is 2.53 bits per heavy atom. The van der Waals surface area contributed by atoms with Crippen LogP contribution in [0.5, 0.6) is 0 Å². The van der Waals surface area contributed by atoms with Gasteiger partial charge in [-0.05, 0) is 25.0 Å². The number of nitrogens with zero attached hydrogens (tertiary/aromatic N) is 2. The number of sulfonamides is 1. The molecule has 3 aromatic rings. The van der Waals surface area contributed by atoms with E-state index in [0.717, 1.165) is 17.4 Å². The number of nitrogens with one attached hydrogen (secondary N) is 1. The molecule has 0 atom stereocenters. The van der Waals surface area contributed by atoms with E-state index < -0.39 is 20.9 Å². The van der Waals surface area contributed by atoms with Crippen LogP contribution >= 0.6 is 11.3 Å². The molecule has 0 saturated heterocycles. The molecule has 2 aromatic carbocycles. The van der Waals surface area contributed by atoms with Gasteiger partial charge in [-0.25, -0.2) is 13.2 Å². The Morgan fingerprint density at radius 2 is 1.94 bits per heavy atom. The topological polar surface area (TPSA) is 139 Å². The van der Waals surface area contributed by atoms with Gasteiger partial charge in [-0.1, -0.05) is 36.4 Å². The van der Waals surface area contributed by atoms with Crippen LogP contribution < -0.4 is 4.72 Å². The first-order valence-electron chi connectivity index (χ1n) is 9.26. The Balaban J connectivity index is 2.17. The van der Waals surface area contributed by atoms with E-state index in [2.05, 4.69) is 4.72 Å². The number of nitro benzene ring substituents is 1. The standard InChI is InChI=1S/C21H17N3O6S2/c1-3-30-21(25)19-18(14-7-5-4-6-8-14)16(12-22)20(31-19)23-32(28,29)17-11-15(24(26)27)10-9-13(17)2/h4-11,23H,3H2,1-2H3. The maximum atomic E-state index is 13.1. The molecule has 1 N–H and O–H groups in total. The molecule has 164 valence electrons. The minimum absolute atomic E-state index is 0.0455. The molecule has 0 bridgehead atoms. The monoisotopic (exact) mass is 471 g/mol. The normalized spacial score (nSPS) is 10.9. The third kappa shape index (κ3) is 4.46. The lowest BCUT2D eigenvalue weighted by atomic mass is 10.0. The van der Waals surface area contributed by atoms with E-state index in [4.69, 9.17) is 4.74 Å². The zero-order valence-electron chi connectivity index (χ0n) is 17.0. The van der Waals surface area contributed by atoms with Gasteiger partial charge < -0.3 is 4.74 Å². The summed E-state index contributed by atoms with van der Waals surface area (Å²) in [7, 11) is -4.30. The third-order valence-electron chi connectivity index (χ3n) is 4.44. The Morgan fingerprint density at radius 1 is 1.25 bits per heavy atom. The first kappa shape index (κ1) is 22.9. The molecule has 0 aliphatic carbocycles. The van der Waals surface area contributed by atoms with Crippen LogP contribution in [0, 0.1) is 28.4 Å². The van der Waals surface area contributed by atoms with Crippen LogP contribution in [-0.2, 0) is 14.8 Å². The lowest BCUT2D eigenvalue weighted by Gasteiger charge is -2.09. The molecule has 11 heteroatoms. The quantitative estimate of drug-likeness (QED) is 0.304. The summed E-state index contributed by atoms with van der Waals surface area (Å²) in [6.45, 7) is 3.23. The number of nitriles is 1. The molecule has 0 aliphatic rings. The zero-order valence-corrected chi connectivity index (χ0v) is 18.6. The number of anilines is 1. The van der Waals surface area contributed by atoms with Gasteiger partial charge in [0.05, 0.1) is 22.0 Å². The van der Waals surface area contributed by atoms with Gasteiger partial charge in [-0.3, -0.25) is 14.8 Å². The lowest BCUT2D eigenvalue weighted by Crippen LogP contribution is -2.14. The third-order valence-corrected chi connectivity index (χ3v) is 7.15. The summed E-state index contributed by atoms with van der Waals surface area (Å²) in [6.07, 6.45) is 0. The van der Waals surface area contributed by atoms with Gasteiger partial charge in [0.25, 0.3) is 15.7 Å². The van der Waals surface area contributed by atoms with Crippen LogP contribution in [-0.4, -0.2) is 25.9 Å². The molecule has 1 aromatic heterocycles. The number of benzene rings is 2. The smallest absolute Gasteiger partial charge is 0.349 e. The van der Waals surface area contributed by atoms with Gasteiger partial charge >= 0.3 is 5.97 Å². The Hall–Kier alpha value is -3.75. The number of thiophene rings is 1. The van der Waals surface area contributed by atoms with Crippen molar-refractivity contribution < 1.29 is 22.9 Å². The molecule has 0 saturated carbocycles. The Labute approximate surface area is 188 Å². The number of ether oxygens (including phenoxy) is 1. The number of esters is 1. The van der Waals surface area contributed by atoms with Crippen molar-refractivity contribution >= 4 is 38.0 Å². The second-order valence-electron chi connectivity index (χ2n) is 6.52. The molecule has 9 nitrogen and oxygen atoms in total. The van der Waals surface area contributed by atoms with Gasteiger partial charge in [-0.2, -0.15) is 5.26 Å². The number of hydrogen-bond donors (Lipinski definition) is 1. The predicted molar refractivity (Wildman–Crippen MR) is 119 cm³/mol. The van der Waals surface area contributed by atoms with Gasteiger partial charge in [0.15, 0.2) is 0 Å². The maximum Gasteiger partial charge on any atom is 0.349 e. The fraction of sp³-hybridized carbons (Fsp3) is 0.143. The molecule has 0 radical (unpaired) electrons. The summed E-state index contributed by atoms with van der Waals surface area (Å²) in [5, 5.41) is 20.8. The molecule has 1 heterocycles. The molecule has 0 amide bonds. The summed E-state index contributed by atoms with van der Waals surface area (Å²) in [5.41, 5.74) is 0.646. The average Bonchev–Trinajstić information content (AvgIpc) is 3.12. The molecule has 3 rings (SSSR count). The van der Waals surface area contributed by atoms with Crippen LogP contribution in [0.2, 0.25) is 0 Å². The number of rotatable bonds is 7. The van der Waals surface area contributed by atoms with Gasteiger partial charge in [0, 0.05) is 17.7 Å². The van der Waals surface area contributed by atoms with Crippen molar-refractivity contribution in [2.75, 3.05) is 11.3 Å². The van der Waals surface area contributed by atoms with E-state index in [0.29, 0.717) is 5.56 Å². The average molecular weight is 472 g/mol. The highest BCUT2D eigenvalue weighted by Gasteiger charge is 2.29. The number of carbonyl (C=O) groups excluding carboxylic acids is 1. The van der Waals surface area contributed by atoms with Crippen LogP contribution in [0.15, 0.2) is 53.4 Å². The van der Waals surface area contributed by atoms with Gasteiger partial charge in [0.1, 0.15) is 15.9 Å². The SMILES string of the molecule is CCOC(=O)c1sc(NS(=O)(=O)c2cc([N+](=O)[O-])ccc2C)c(C#N)c1-c1ccccc1. The summed E-state index contributed by atoms with van der Waals surface area (Å²) in [4.78, 5) is 22.7. The minimum atomic E-state index is -4.30. The molecular weight excluding hydrogens is 454 g/mol. The molecule has 0 aliphatic heterocycles. The van der Waals surface area contributed by atoms with Crippen LogP contribution in [0.25, 0.3) is 11.1 Å². The summed E-state index contributed by atoms with van der Waals surface area (Å²) in [6, 6.07) is 14.0. The fourth-order valence-corrected chi connectivity index (χ4v) is 5.64. The fourth-order valence-electron chi connectivity index (χ4n) is 3.00. The Kier molecular flexibility index (Phi) is 6.57. The van der Waals surface area contributed by atoms with E-state index in [1.807, 2.05) is 6.07 Å². The molecule has 32 heavy (non-hydrogen) atoms. The van der Waals surface area contributed by atoms with Crippen molar-refractivity contribution in [3.63, 3.8) is 0 Å². The predicted octanol–water partition coefficient (Wildman–Crippen LogP) is 4.48. The highest BCUT2D eigenvalue weighted by atomic mass is 32.2. The first-order valence-corrected chi connectivity index (χ1v) is 11.6. The zero-order chi connectivity index (χ0) is 23.5. The van der Waals surface area contributed by atoms with E-state index in [1.54, 1.807) is 37.3 Å². The van der Waals surface area contributed by atoms with Gasteiger partial charge in [-0.15, -0.1) is 11.3 Å². The van der Waals surface area contributed by atoms with Gasteiger partial charge in [0.2, 0.25) is 0 Å². The second-order valence-corrected chi connectivity index (χ2v) is 9.19. The van der Waals surface area contributed by atoms with Crippen molar-refractivity contribution in [3.8, 4) is 17.2 Å². The maximum absolute atomic E-state index is 13.1. The van der Waals surface area contributed by atoms with E-state index in [9.17, 15) is 28.6 Å². The number of aryl methyl sites for hydroxylation is 1. The molecule has 0 fully saturated rings. The van der Waals surface area contributed by atoms with Crippen molar-refractivity contribution in [1.29, 1.82) is 5.26 Å². The number of carbonyl (C=O) groups is 1. The molecule has 0 unspecified atom stereocenters.